The number of anilines is 1. The predicted octanol–water partition coefficient (Wildman–Crippen LogP) is 3.68. The van der Waals surface area contributed by atoms with Crippen LogP contribution >= 0.6 is 23.8 Å². The molecule has 1 atom stereocenters. The van der Waals surface area contributed by atoms with Crippen LogP contribution in [0.15, 0.2) is 59.8 Å². The summed E-state index contributed by atoms with van der Waals surface area (Å²) in [6, 6.07) is 12.3. The van der Waals surface area contributed by atoms with E-state index in [4.69, 9.17) is 23.8 Å². The van der Waals surface area contributed by atoms with Crippen LogP contribution in [0.4, 0.5) is 11.4 Å². The molecule has 1 amide bonds. The van der Waals surface area contributed by atoms with Crippen LogP contribution in [0, 0.1) is 10.1 Å². The minimum Gasteiger partial charge on any atom is -0.351 e. The van der Waals surface area contributed by atoms with Crippen LogP contribution in [0.5, 0.6) is 0 Å². The molecular formula is C18H15ClN4O3S. The van der Waals surface area contributed by atoms with Crippen LogP contribution in [-0.4, -0.2) is 15.9 Å². The molecular weight excluding hydrogens is 388 g/mol. The Bertz CT molecular complexity index is 959. The van der Waals surface area contributed by atoms with Gasteiger partial charge in [-0.1, -0.05) is 29.8 Å². The normalized spacial score (nSPS) is 16.4. The number of halogens is 1. The van der Waals surface area contributed by atoms with Crippen molar-refractivity contribution >= 4 is 46.2 Å². The molecule has 27 heavy (non-hydrogen) atoms. The summed E-state index contributed by atoms with van der Waals surface area (Å²) in [7, 11) is 0. The van der Waals surface area contributed by atoms with Gasteiger partial charge in [0.05, 0.1) is 16.5 Å². The summed E-state index contributed by atoms with van der Waals surface area (Å²) < 4.78 is 0. The zero-order chi connectivity index (χ0) is 19.6. The zero-order valence-electron chi connectivity index (χ0n) is 14.2. The standard InChI is InChI=1S/C18H15ClN4O3S/c1-10-15(17(24)21-11-6-8-12(9-7-11)23(25)26)16(22-18(27)20-10)13-4-2-3-5-14(13)19/h2-9,16H,1H3,(H,21,24)(H2,20,22,27). The van der Waals surface area contributed by atoms with Crippen molar-refractivity contribution in [1.29, 1.82) is 0 Å². The van der Waals surface area contributed by atoms with Gasteiger partial charge in [0.15, 0.2) is 5.11 Å². The average molecular weight is 403 g/mol. The molecule has 0 saturated carbocycles. The van der Waals surface area contributed by atoms with E-state index in [1.807, 2.05) is 12.1 Å². The van der Waals surface area contributed by atoms with E-state index in [1.54, 1.807) is 19.1 Å². The summed E-state index contributed by atoms with van der Waals surface area (Å²) in [5.74, 6) is -0.367. The van der Waals surface area contributed by atoms with Crippen molar-refractivity contribution in [3.05, 3.63) is 80.5 Å². The number of nitro benzene ring substituents is 1. The summed E-state index contributed by atoms with van der Waals surface area (Å²) in [5.41, 5.74) is 2.13. The number of thiocarbonyl (C=S) groups is 1. The van der Waals surface area contributed by atoms with Crippen molar-refractivity contribution in [3.8, 4) is 0 Å². The first-order valence-corrected chi connectivity index (χ1v) is 8.74. The second-order valence-corrected chi connectivity index (χ2v) is 6.67. The van der Waals surface area contributed by atoms with Gasteiger partial charge in [0.25, 0.3) is 11.6 Å². The summed E-state index contributed by atoms with van der Waals surface area (Å²) in [6.07, 6.45) is 0. The number of non-ortho nitro benzene ring substituents is 1. The Morgan fingerprint density at radius 2 is 1.89 bits per heavy atom. The van der Waals surface area contributed by atoms with Gasteiger partial charge < -0.3 is 16.0 Å². The third-order valence-corrected chi connectivity index (χ3v) is 4.63. The van der Waals surface area contributed by atoms with E-state index in [-0.39, 0.29) is 11.6 Å². The number of rotatable bonds is 4. The molecule has 2 aromatic carbocycles. The molecule has 9 heteroatoms. The molecule has 1 aliphatic rings. The van der Waals surface area contributed by atoms with Gasteiger partial charge in [-0.25, -0.2) is 0 Å². The van der Waals surface area contributed by atoms with E-state index < -0.39 is 11.0 Å². The number of nitro groups is 1. The Kier molecular flexibility index (Phi) is 5.38. The Morgan fingerprint density at radius 1 is 1.22 bits per heavy atom. The number of nitrogens with one attached hydrogen (secondary N) is 3. The summed E-state index contributed by atoms with van der Waals surface area (Å²) in [6.45, 7) is 1.75. The lowest BCUT2D eigenvalue weighted by molar-refractivity contribution is -0.384. The highest BCUT2D eigenvalue weighted by molar-refractivity contribution is 7.80. The molecule has 138 valence electrons. The number of carbonyl (C=O) groups is 1. The molecule has 0 aromatic heterocycles. The molecule has 1 heterocycles. The fraction of sp³-hybridized carbons (Fsp3) is 0.111. The van der Waals surface area contributed by atoms with Crippen molar-refractivity contribution in [3.63, 3.8) is 0 Å². The van der Waals surface area contributed by atoms with Gasteiger partial charge in [-0.15, -0.1) is 0 Å². The van der Waals surface area contributed by atoms with E-state index >= 15 is 0 Å². The van der Waals surface area contributed by atoms with Crippen LogP contribution in [-0.2, 0) is 4.79 Å². The zero-order valence-corrected chi connectivity index (χ0v) is 15.7. The van der Waals surface area contributed by atoms with Crippen molar-refractivity contribution in [2.45, 2.75) is 13.0 Å². The third kappa shape index (κ3) is 4.07. The number of nitrogens with zero attached hydrogens (tertiary/aromatic N) is 1. The molecule has 0 spiro atoms. The quantitative estimate of drug-likeness (QED) is 0.410. The predicted molar refractivity (Wildman–Crippen MR) is 107 cm³/mol. The molecule has 0 saturated heterocycles. The van der Waals surface area contributed by atoms with Gasteiger partial charge in [-0.3, -0.25) is 14.9 Å². The largest absolute Gasteiger partial charge is 0.351 e. The first kappa shape index (κ1) is 18.8. The SMILES string of the molecule is CC1=C(C(=O)Nc2ccc([N+](=O)[O-])cc2)C(c2ccccc2Cl)NC(=S)N1. The monoisotopic (exact) mass is 402 g/mol. The highest BCUT2D eigenvalue weighted by atomic mass is 35.5. The minimum absolute atomic E-state index is 0.0521. The lowest BCUT2D eigenvalue weighted by Crippen LogP contribution is -2.45. The van der Waals surface area contributed by atoms with Crippen LogP contribution in [0.1, 0.15) is 18.5 Å². The second kappa shape index (κ2) is 7.73. The fourth-order valence-corrected chi connectivity index (χ4v) is 3.32. The van der Waals surface area contributed by atoms with E-state index in [1.165, 1.54) is 24.3 Å². The molecule has 3 rings (SSSR count). The van der Waals surface area contributed by atoms with Crippen molar-refractivity contribution in [2.75, 3.05) is 5.32 Å². The molecule has 7 nitrogen and oxygen atoms in total. The lowest BCUT2D eigenvalue weighted by Gasteiger charge is -2.30. The van der Waals surface area contributed by atoms with E-state index in [9.17, 15) is 14.9 Å². The molecule has 0 bridgehead atoms. The van der Waals surface area contributed by atoms with Crippen LogP contribution < -0.4 is 16.0 Å². The minimum atomic E-state index is -0.523. The van der Waals surface area contributed by atoms with Gasteiger partial charge in [-0.2, -0.15) is 0 Å². The number of benzene rings is 2. The van der Waals surface area contributed by atoms with Gasteiger partial charge >= 0.3 is 0 Å². The Hall–Kier alpha value is -2.97. The van der Waals surface area contributed by atoms with E-state index in [0.29, 0.717) is 27.1 Å². The average Bonchev–Trinajstić information content (AvgIpc) is 2.61. The number of hydrogen-bond acceptors (Lipinski definition) is 4. The van der Waals surface area contributed by atoms with Crippen LogP contribution in [0.3, 0.4) is 0 Å². The van der Waals surface area contributed by atoms with Crippen molar-refractivity contribution in [1.82, 2.24) is 10.6 Å². The van der Waals surface area contributed by atoms with Crippen LogP contribution in [0.2, 0.25) is 5.02 Å². The second-order valence-electron chi connectivity index (χ2n) is 5.85. The molecule has 0 fully saturated rings. The molecule has 1 unspecified atom stereocenters. The van der Waals surface area contributed by atoms with Crippen molar-refractivity contribution < 1.29 is 9.72 Å². The molecule has 2 aromatic rings. The first-order valence-electron chi connectivity index (χ1n) is 7.95. The Balaban J connectivity index is 1.92. The third-order valence-electron chi connectivity index (χ3n) is 4.07. The maximum absolute atomic E-state index is 12.9. The van der Waals surface area contributed by atoms with E-state index in [2.05, 4.69) is 16.0 Å². The molecule has 0 radical (unpaired) electrons. The molecule has 0 aliphatic carbocycles. The lowest BCUT2D eigenvalue weighted by atomic mass is 9.95. The number of hydrogen-bond donors (Lipinski definition) is 3. The number of amides is 1. The Labute approximate surface area is 165 Å². The highest BCUT2D eigenvalue weighted by Crippen LogP contribution is 2.32. The van der Waals surface area contributed by atoms with Gasteiger partial charge in [-0.05, 0) is 42.9 Å². The molecule has 3 N–H and O–H groups in total. The summed E-state index contributed by atoms with van der Waals surface area (Å²) in [4.78, 5) is 23.2. The van der Waals surface area contributed by atoms with Gasteiger partial charge in [0.2, 0.25) is 0 Å². The van der Waals surface area contributed by atoms with Gasteiger partial charge in [0, 0.05) is 28.5 Å². The van der Waals surface area contributed by atoms with Crippen LogP contribution in [0.25, 0.3) is 0 Å². The smallest absolute Gasteiger partial charge is 0.269 e. The highest BCUT2D eigenvalue weighted by Gasteiger charge is 2.31. The molecule has 1 aliphatic heterocycles. The maximum atomic E-state index is 12.9. The number of carbonyl (C=O) groups excluding carboxylic acids is 1. The fourth-order valence-electron chi connectivity index (χ4n) is 2.80. The first-order chi connectivity index (χ1) is 12.9. The van der Waals surface area contributed by atoms with E-state index in [0.717, 1.165) is 5.56 Å². The maximum Gasteiger partial charge on any atom is 0.269 e. The summed E-state index contributed by atoms with van der Waals surface area (Å²) in [5, 5.41) is 20.4. The summed E-state index contributed by atoms with van der Waals surface area (Å²) >= 11 is 11.5. The van der Waals surface area contributed by atoms with Crippen molar-refractivity contribution in [2.24, 2.45) is 0 Å². The topological polar surface area (TPSA) is 96.3 Å². The Morgan fingerprint density at radius 3 is 2.52 bits per heavy atom. The van der Waals surface area contributed by atoms with Gasteiger partial charge in [0.1, 0.15) is 0 Å². The number of allylic oxidation sites excluding steroid dienone is 1.